The van der Waals surface area contributed by atoms with Gasteiger partial charge in [-0.25, -0.2) is 0 Å². The molecule has 0 amide bonds. The number of anilines is 2. The molecule has 1 aromatic heterocycles. The highest BCUT2D eigenvalue weighted by molar-refractivity contribution is 7.97. The zero-order chi connectivity index (χ0) is 15.7. The van der Waals surface area contributed by atoms with E-state index in [1.807, 2.05) is 0 Å². The van der Waals surface area contributed by atoms with E-state index < -0.39 is 4.92 Å². The fraction of sp³-hybridized carbons (Fsp3) is 0.385. The molecule has 1 aliphatic carbocycles. The fourth-order valence-electron chi connectivity index (χ4n) is 1.77. The molecule has 8 nitrogen and oxygen atoms in total. The zero-order valence-electron chi connectivity index (χ0n) is 12.1. The molecule has 0 unspecified atom stereocenters. The van der Waals surface area contributed by atoms with Crippen LogP contribution in [0.25, 0.3) is 0 Å². The molecule has 0 spiro atoms. The van der Waals surface area contributed by atoms with Gasteiger partial charge in [0.1, 0.15) is 5.69 Å². The molecule has 9 heteroatoms. The van der Waals surface area contributed by atoms with Crippen molar-refractivity contribution in [1.82, 2.24) is 14.9 Å². The molecule has 3 rings (SSSR count). The van der Waals surface area contributed by atoms with Crippen LogP contribution in [0, 0.1) is 17.0 Å². The second kappa shape index (κ2) is 5.58. The maximum absolute atomic E-state index is 11.1. The molecule has 2 aromatic rings. The summed E-state index contributed by atoms with van der Waals surface area (Å²) in [4.78, 5) is 11.6. The van der Waals surface area contributed by atoms with Gasteiger partial charge in [-0.2, -0.15) is 0 Å². The summed E-state index contributed by atoms with van der Waals surface area (Å²) in [6.07, 6.45) is 2.28. The molecule has 0 bridgehead atoms. The lowest BCUT2D eigenvalue weighted by atomic mass is 10.2. The van der Waals surface area contributed by atoms with Gasteiger partial charge in [0.15, 0.2) is 0 Å². The zero-order valence-corrected chi connectivity index (χ0v) is 12.9. The Labute approximate surface area is 131 Å². The summed E-state index contributed by atoms with van der Waals surface area (Å²) in [7, 11) is 0. The third-order valence-electron chi connectivity index (χ3n) is 3.35. The van der Waals surface area contributed by atoms with Crippen molar-refractivity contribution < 1.29 is 9.34 Å². The molecule has 0 radical (unpaired) electrons. The van der Waals surface area contributed by atoms with E-state index in [0.717, 1.165) is 17.7 Å². The highest BCUT2D eigenvalue weighted by Crippen LogP contribution is 2.38. The molecule has 1 aromatic carbocycles. The highest BCUT2D eigenvalue weighted by atomic mass is 32.2. The first-order valence-electron chi connectivity index (χ1n) is 6.75. The van der Waals surface area contributed by atoms with Gasteiger partial charge < -0.3 is 9.73 Å². The Bertz CT molecular complexity index is 713. The van der Waals surface area contributed by atoms with Gasteiger partial charge in [0.25, 0.3) is 5.69 Å². The Kier molecular flexibility index (Phi) is 3.75. The number of hydrogen-bond donors (Lipinski definition) is 2. The maximum Gasteiger partial charge on any atom is 0.320 e. The third kappa shape index (κ3) is 3.37. The number of nitro benzene ring substituents is 1. The number of benzene rings is 1. The smallest absolute Gasteiger partial charge is 0.320 e. The molecule has 0 aliphatic heterocycles. The Hall–Kier alpha value is -2.13. The van der Waals surface area contributed by atoms with Crippen molar-refractivity contribution in [2.75, 3.05) is 5.32 Å². The van der Waals surface area contributed by atoms with Crippen molar-refractivity contribution in [3.63, 3.8) is 0 Å². The minimum atomic E-state index is -0.449. The van der Waals surface area contributed by atoms with E-state index in [2.05, 4.69) is 27.2 Å². The van der Waals surface area contributed by atoms with Gasteiger partial charge in [-0.1, -0.05) is 5.10 Å². The molecular formula is C13H15N5O3S. The SMILES string of the molecule is Cc1nnc(Nc2cc(SNC3(C)CC3)ccc2[N+](=O)[O-])o1. The van der Waals surface area contributed by atoms with Crippen LogP contribution in [0.5, 0.6) is 0 Å². The van der Waals surface area contributed by atoms with Gasteiger partial charge in [0.05, 0.1) is 4.92 Å². The lowest BCUT2D eigenvalue weighted by molar-refractivity contribution is -0.384. The molecule has 22 heavy (non-hydrogen) atoms. The van der Waals surface area contributed by atoms with Crippen molar-refractivity contribution in [2.45, 2.75) is 37.1 Å². The predicted octanol–water partition coefficient (Wildman–Crippen LogP) is 3.18. The summed E-state index contributed by atoms with van der Waals surface area (Å²) in [5.74, 6) is 0.388. The molecule has 1 heterocycles. The second-order valence-corrected chi connectivity index (χ2v) is 6.33. The maximum atomic E-state index is 11.1. The van der Waals surface area contributed by atoms with Crippen LogP contribution in [0.15, 0.2) is 27.5 Å². The van der Waals surface area contributed by atoms with Gasteiger partial charge in [0.2, 0.25) is 5.89 Å². The first-order chi connectivity index (χ1) is 10.5. The minimum absolute atomic E-state index is 0.0437. The molecule has 2 N–H and O–H groups in total. The monoisotopic (exact) mass is 321 g/mol. The molecule has 116 valence electrons. The minimum Gasteiger partial charge on any atom is -0.408 e. The van der Waals surface area contributed by atoms with Gasteiger partial charge >= 0.3 is 6.01 Å². The number of aromatic nitrogens is 2. The van der Waals surface area contributed by atoms with E-state index in [0.29, 0.717) is 11.6 Å². The summed E-state index contributed by atoms with van der Waals surface area (Å²) < 4.78 is 8.57. The lowest BCUT2D eigenvalue weighted by Crippen LogP contribution is -2.19. The normalized spacial score (nSPS) is 15.5. The fourth-order valence-corrected chi connectivity index (χ4v) is 2.65. The number of hydrogen-bond acceptors (Lipinski definition) is 8. The van der Waals surface area contributed by atoms with Crippen LogP contribution < -0.4 is 10.0 Å². The Morgan fingerprint density at radius 3 is 2.77 bits per heavy atom. The van der Waals surface area contributed by atoms with E-state index in [9.17, 15) is 10.1 Å². The van der Waals surface area contributed by atoms with E-state index in [4.69, 9.17) is 4.42 Å². The van der Waals surface area contributed by atoms with Crippen LogP contribution in [-0.4, -0.2) is 20.7 Å². The molecule has 0 saturated heterocycles. The van der Waals surface area contributed by atoms with Gasteiger partial charge in [-0.05, 0) is 43.8 Å². The summed E-state index contributed by atoms with van der Waals surface area (Å²) >= 11 is 1.46. The topological polar surface area (TPSA) is 106 Å². The van der Waals surface area contributed by atoms with E-state index >= 15 is 0 Å². The van der Waals surface area contributed by atoms with Crippen LogP contribution in [-0.2, 0) is 0 Å². The van der Waals surface area contributed by atoms with E-state index in [-0.39, 0.29) is 17.2 Å². The lowest BCUT2D eigenvalue weighted by Gasteiger charge is -2.11. The number of nitrogens with zero attached hydrogens (tertiary/aromatic N) is 3. The first-order valence-corrected chi connectivity index (χ1v) is 7.56. The van der Waals surface area contributed by atoms with Crippen molar-refractivity contribution >= 4 is 29.3 Å². The Balaban J connectivity index is 1.81. The quantitative estimate of drug-likeness (QED) is 0.474. The van der Waals surface area contributed by atoms with Crippen molar-refractivity contribution in [1.29, 1.82) is 0 Å². The summed E-state index contributed by atoms with van der Waals surface area (Å²) in [5, 5.41) is 21.4. The average Bonchev–Trinajstić information content (AvgIpc) is 3.07. The molecule has 1 aliphatic rings. The standard InChI is InChI=1S/C13H15N5O3S/c1-8-15-16-12(21-8)14-10-7-9(3-4-11(10)18(19)20)22-17-13(2)5-6-13/h3-4,7,17H,5-6H2,1-2H3,(H,14,16). The van der Waals surface area contributed by atoms with Crippen molar-refractivity contribution in [2.24, 2.45) is 0 Å². The largest absolute Gasteiger partial charge is 0.408 e. The number of rotatable bonds is 6. The van der Waals surface area contributed by atoms with Gasteiger partial charge in [-0.3, -0.25) is 14.8 Å². The summed E-state index contributed by atoms with van der Waals surface area (Å²) in [5.41, 5.74) is 0.447. The molecule has 1 saturated carbocycles. The average molecular weight is 321 g/mol. The van der Waals surface area contributed by atoms with Gasteiger partial charge in [0, 0.05) is 23.4 Å². The predicted molar refractivity (Wildman–Crippen MR) is 82.0 cm³/mol. The van der Waals surface area contributed by atoms with E-state index in [1.165, 1.54) is 18.0 Å². The Morgan fingerprint density at radius 1 is 1.41 bits per heavy atom. The number of aryl methyl sites for hydroxylation is 1. The van der Waals surface area contributed by atoms with Crippen LogP contribution in [0.3, 0.4) is 0 Å². The highest BCUT2D eigenvalue weighted by Gasteiger charge is 2.37. The Morgan fingerprint density at radius 2 is 2.18 bits per heavy atom. The van der Waals surface area contributed by atoms with Crippen LogP contribution >= 0.6 is 11.9 Å². The van der Waals surface area contributed by atoms with Crippen molar-refractivity contribution in [3.8, 4) is 0 Å². The third-order valence-corrected chi connectivity index (χ3v) is 4.43. The van der Waals surface area contributed by atoms with Crippen molar-refractivity contribution in [3.05, 3.63) is 34.2 Å². The molecular weight excluding hydrogens is 306 g/mol. The molecule has 0 atom stereocenters. The number of nitro groups is 1. The molecule has 1 fully saturated rings. The second-order valence-electron chi connectivity index (χ2n) is 5.45. The van der Waals surface area contributed by atoms with Crippen LogP contribution in [0.2, 0.25) is 0 Å². The van der Waals surface area contributed by atoms with E-state index in [1.54, 1.807) is 19.1 Å². The first kappa shape index (κ1) is 14.8. The number of nitrogens with one attached hydrogen (secondary N) is 2. The summed E-state index contributed by atoms with van der Waals surface area (Å²) in [6.45, 7) is 3.80. The van der Waals surface area contributed by atoms with Crippen LogP contribution in [0.4, 0.5) is 17.4 Å². The van der Waals surface area contributed by atoms with Crippen LogP contribution in [0.1, 0.15) is 25.7 Å². The summed E-state index contributed by atoms with van der Waals surface area (Å²) in [6, 6.07) is 5.00. The van der Waals surface area contributed by atoms with Gasteiger partial charge in [-0.15, -0.1) is 5.10 Å².